The van der Waals surface area contributed by atoms with E-state index >= 15 is 0 Å². The van der Waals surface area contributed by atoms with Gasteiger partial charge in [-0.15, -0.1) is 0 Å². The lowest BCUT2D eigenvalue weighted by Gasteiger charge is -2.34. The van der Waals surface area contributed by atoms with Crippen LogP contribution in [0, 0.1) is 0 Å². The highest BCUT2D eigenvalue weighted by molar-refractivity contribution is 5.68. The van der Waals surface area contributed by atoms with Crippen molar-refractivity contribution in [3.05, 3.63) is 0 Å². The van der Waals surface area contributed by atoms with E-state index in [2.05, 4.69) is 12.2 Å². The molecule has 2 fully saturated rings. The Bertz CT molecular complexity index is 233. The third-order valence-electron chi connectivity index (χ3n) is 3.21. The zero-order chi connectivity index (χ0) is 10.7. The van der Waals surface area contributed by atoms with Gasteiger partial charge in [0.15, 0.2) is 0 Å². The van der Waals surface area contributed by atoms with Crippen LogP contribution in [-0.2, 0) is 4.74 Å². The van der Waals surface area contributed by atoms with Crippen molar-refractivity contribution in [1.29, 1.82) is 0 Å². The average molecular weight is 212 g/mol. The molecule has 0 saturated carbocycles. The Morgan fingerprint density at radius 2 is 2.33 bits per heavy atom. The Morgan fingerprint density at radius 3 is 3.07 bits per heavy atom. The van der Waals surface area contributed by atoms with Gasteiger partial charge in [0.05, 0.1) is 6.61 Å². The van der Waals surface area contributed by atoms with E-state index in [4.69, 9.17) is 4.74 Å². The number of amides is 1. The molecule has 2 saturated heterocycles. The zero-order valence-electron chi connectivity index (χ0n) is 9.37. The summed E-state index contributed by atoms with van der Waals surface area (Å²) in [5, 5.41) is 3.53. The maximum atomic E-state index is 11.4. The van der Waals surface area contributed by atoms with Crippen molar-refractivity contribution in [2.45, 2.75) is 44.7 Å². The van der Waals surface area contributed by atoms with Gasteiger partial charge in [-0.1, -0.05) is 6.42 Å². The number of nitrogens with zero attached hydrogens (tertiary/aromatic N) is 1. The largest absolute Gasteiger partial charge is 0.449 e. The van der Waals surface area contributed by atoms with E-state index in [-0.39, 0.29) is 6.09 Å². The summed E-state index contributed by atoms with van der Waals surface area (Å²) < 4.78 is 5.02. The highest BCUT2D eigenvalue weighted by Crippen LogP contribution is 2.15. The lowest BCUT2D eigenvalue weighted by Crippen LogP contribution is -2.50. The van der Waals surface area contributed by atoms with Gasteiger partial charge in [0.2, 0.25) is 0 Å². The number of nitrogens with one attached hydrogen (secondary N) is 1. The van der Waals surface area contributed by atoms with Crippen LogP contribution < -0.4 is 5.32 Å². The molecule has 2 aliphatic rings. The number of ether oxygens (including phenoxy) is 1. The van der Waals surface area contributed by atoms with Gasteiger partial charge in [0.25, 0.3) is 0 Å². The average Bonchev–Trinajstić information content (AvgIpc) is 2.22. The van der Waals surface area contributed by atoms with Gasteiger partial charge in [-0.05, 0) is 26.2 Å². The van der Waals surface area contributed by atoms with E-state index in [9.17, 15) is 4.79 Å². The summed E-state index contributed by atoms with van der Waals surface area (Å²) in [7, 11) is 0. The van der Waals surface area contributed by atoms with Crippen LogP contribution in [0.4, 0.5) is 4.79 Å². The predicted octanol–water partition coefficient (Wildman–Crippen LogP) is 1.36. The fraction of sp³-hybridized carbons (Fsp3) is 0.909. The Balaban J connectivity index is 1.81. The molecule has 0 spiro atoms. The Labute approximate surface area is 91.0 Å². The summed E-state index contributed by atoms with van der Waals surface area (Å²) in [6.07, 6.45) is 4.52. The van der Waals surface area contributed by atoms with Crippen LogP contribution in [0.2, 0.25) is 0 Å². The van der Waals surface area contributed by atoms with E-state index in [0.29, 0.717) is 18.7 Å². The quantitative estimate of drug-likeness (QED) is 0.751. The molecule has 2 atom stereocenters. The summed E-state index contributed by atoms with van der Waals surface area (Å²) in [5.74, 6) is 0. The SMILES string of the molecule is CC1CCCC(CN2CCCOC2=O)N1. The van der Waals surface area contributed by atoms with Crippen molar-refractivity contribution >= 4 is 6.09 Å². The molecule has 0 aromatic heterocycles. The molecular weight excluding hydrogens is 192 g/mol. The summed E-state index contributed by atoms with van der Waals surface area (Å²) in [4.78, 5) is 13.3. The standard InChI is InChI=1S/C11H20N2O2/c1-9-4-2-5-10(12-9)8-13-6-3-7-15-11(13)14/h9-10,12H,2-8H2,1H3. The van der Waals surface area contributed by atoms with Gasteiger partial charge in [0.1, 0.15) is 0 Å². The molecule has 2 unspecified atom stereocenters. The molecule has 15 heavy (non-hydrogen) atoms. The van der Waals surface area contributed by atoms with Gasteiger partial charge in [-0.25, -0.2) is 4.79 Å². The van der Waals surface area contributed by atoms with E-state index in [0.717, 1.165) is 19.5 Å². The molecule has 4 heteroatoms. The monoisotopic (exact) mass is 212 g/mol. The first-order valence-corrected chi connectivity index (χ1v) is 5.93. The summed E-state index contributed by atoms with van der Waals surface area (Å²) >= 11 is 0. The van der Waals surface area contributed by atoms with Crippen LogP contribution in [0.1, 0.15) is 32.6 Å². The summed E-state index contributed by atoms with van der Waals surface area (Å²) in [6, 6.07) is 1.05. The number of carbonyl (C=O) groups excluding carboxylic acids is 1. The molecule has 2 heterocycles. The van der Waals surface area contributed by atoms with Gasteiger partial charge in [0, 0.05) is 25.2 Å². The fourth-order valence-electron chi connectivity index (χ4n) is 2.41. The molecule has 86 valence electrons. The number of hydrogen-bond donors (Lipinski definition) is 1. The minimum Gasteiger partial charge on any atom is -0.449 e. The van der Waals surface area contributed by atoms with Crippen molar-refractivity contribution in [3.8, 4) is 0 Å². The highest BCUT2D eigenvalue weighted by Gasteiger charge is 2.25. The molecule has 0 radical (unpaired) electrons. The number of cyclic esters (lactones) is 1. The smallest absolute Gasteiger partial charge is 0.409 e. The Kier molecular flexibility index (Phi) is 3.46. The lowest BCUT2D eigenvalue weighted by atomic mass is 9.99. The second-order valence-corrected chi connectivity index (χ2v) is 4.61. The van der Waals surface area contributed by atoms with Crippen molar-refractivity contribution < 1.29 is 9.53 Å². The van der Waals surface area contributed by atoms with E-state index in [1.807, 2.05) is 4.90 Å². The first kappa shape index (κ1) is 10.7. The molecule has 0 bridgehead atoms. The van der Waals surface area contributed by atoms with Gasteiger partial charge in [-0.3, -0.25) is 0 Å². The van der Waals surface area contributed by atoms with Crippen LogP contribution in [0.25, 0.3) is 0 Å². The molecule has 2 rings (SSSR count). The number of carbonyl (C=O) groups is 1. The molecule has 0 aromatic rings. The molecule has 4 nitrogen and oxygen atoms in total. The first-order chi connectivity index (χ1) is 7.25. The predicted molar refractivity (Wildman–Crippen MR) is 57.8 cm³/mol. The highest BCUT2D eigenvalue weighted by atomic mass is 16.6. The lowest BCUT2D eigenvalue weighted by molar-refractivity contribution is 0.0664. The molecule has 2 aliphatic heterocycles. The first-order valence-electron chi connectivity index (χ1n) is 5.93. The Morgan fingerprint density at radius 1 is 1.47 bits per heavy atom. The number of rotatable bonds is 2. The van der Waals surface area contributed by atoms with Crippen LogP contribution in [-0.4, -0.2) is 42.8 Å². The van der Waals surface area contributed by atoms with Crippen LogP contribution >= 0.6 is 0 Å². The number of hydrogen-bond acceptors (Lipinski definition) is 3. The van der Waals surface area contributed by atoms with Crippen LogP contribution in [0.15, 0.2) is 0 Å². The zero-order valence-corrected chi connectivity index (χ0v) is 9.37. The van der Waals surface area contributed by atoms with Crippen LogP contribution in [0.3, 0.4) is 0 Å². The van der Waals surface area contributed by atoms with E-state index < -0.39 is 0 Å². The second-order valence-electron chi connectivity index (χ2n) is 4.61. The van der Waals surface area contributed by atoms with Gasteiger partial charge < -0.3 is 15.0 Å². The van der Waals surface area contributed by atoms with Crippen molar-refractivity contribution in [2.75, 3.05) is 19.7 Å². The maximum absolute atomic E-state index is 11.4. The second kappa shape index (κ2) is 4.84. The van der Waals surface area contributed by atoms with Gasteiger partial charge >= 0.3 is 6.09 Å². The maximum Gasteiger partial charge on any atom is 0.409 e. The van der Waals surface area contributed by atoms with Crippen LogP contribution in [0.5, 0.6) is 0 Å². The number of piperidine rings is 1. The summed E-state index contributed by atoms with van der Waals surface area (Å²) in [6.45, 7) is 4.46. The molecule has 1 amide bonds. The topological polar surface area (TPSA) is 41.6 Å². The molecule has 1 N–H and O–H groups in total. The third kappa shape index (κ3) is 2.84. The molecule has 0 aliphatic carbocycles. The third-order valence-corrected chi connectivity index (χ3v) is 3.21. The van der Waals surface area contributed by atoms with E-state index in [1.54, 1.807) is 0 Å². The normalized spacial score (nSPS) is 32.6. The summed E-state index contributed by atoms with van der Waals surface area (Å²) in [5.41, 5.74) is 0. The van der Waals surface area contributed by atoms with Gasteiger partial charge in [-0.2, -0.15) is 0 Å². The minimum atomic E-state index is -0.138. The fourth-order valence-corrected chi connectivity index (χ4v) is 2.41. The Hall–Kier alpha value is -0.770. The van der Waals surface area contributed by atoms with Crippen molar-refractivity contribution in [3.63, 3.8) is 0 Å². The van der Waals surface area contributed by atoms with Crippen molar-refractivity contribution in [1.82, 2.24) is 10.2 Å². The van der Waals surface area contributed by atoms with E-state index in [1.165, 1.54) is 19.3 Å². The minimum absolute atomic E-state index is 0.138. The molecular formula is C11H20N2O2. The molecule has 0 aromatic carbocycles. The van der Waals surface area contributed by atoms with Crippen molar-refractivity contribution in [2.24, 2.45) is 0 Å².